The Kier molecular flexibility index (Phi) is 8.46. The Labute approximate surface area is 223 Å². The molecule has 0 radical (unpaired) electrons. The number of carbonyl (C=O) groups is 2. The van der Waals surface area contributed by atoms with Gasteiger partial charge in [-0.3, -0.25) is 9.91 Å². The number of halogens is 2. The molecule has 0 unspecified atom stereocenters. The van der Waals surface area contributed by atoms with E-state index < -0.39 is 29.9 Å². The summed E-state index contributed by atoms with van der Waals surface area (Å²) in [4.78, 5) is 31.8. The van der Waals surface area contributed by atoms with E-state index in [1.165, 1.54) is 17.0 Å². The first-order chi connectivity index (χ1) is 18.2. The molecule has 2 aromatic rings. The van der Waals surface area contributed by atoms with E-state index >= 15 is 8.78 Å². The lowest BCUT2D eigenvalue weighted by Crippen LogP contribution is -2.48. The summed E-state index contributed by atoms with van der Waals surface area (Å²) in [6, 6.07) is 1.80. The molecule has 0 bridgehead atoms. The third kappa shape index (κ3) is 6.22. The molecule has 1 aromatic carbocycles. The Balaban J connectivity index is 1.37. The van der Waals surface area contributed by atoms with Crippen LogP contribution in [0.15, 0.2) is 16.5 Å². The van der Waals surface area contributed by atoms with Crippen LogP contribution in [0.3, 0.4) is 0 Å². The van der Waals surface area contributed by atoms with E-state index in [2.05, 4.69) is 21.0 Å². The SMILES string of the molecule is COC(=S)NC[C@H]1CN(c2cc(F)c(N3CCNN(C(=O)NCc4nc(C)oc4C)CC3)c(F)c2)C(=O)O1. The molecule has 206 valence electrons. The quantitative estimate of drug-likeness (QED) is 0.457. The van der Waals surface area contributed by atoms with Crippen molar-refractivity contribution >= 4 is 40.9 Å². The largest absolute Gasteiger partial charge is 0.474 e. The van der Waals surface area contributed by atoms with Gasteiger partial charge in [0.1, 0.15) is 23.2 Å². The number of anilines is 2. The number of cyclic esters (lactones) is 1. The average Bonchev–Trinajstić information content (AvgIpc) is 3.30. The minimum Gasteiger partial charge on any atom is -0.474 e. The Morgan fingerprint density at radius 3 is 2.63 bits per heavy atom. The minimum atomic E-state index is -0.829. The number of amides is 3. The number of carbonyl (C=O) groups excluding carboxylic acids is 2. The summed E-state index contributed by atoms with van der Waals surface area (Å²) < 4.78 is 45.8. The molecule has 3 amide bonds. The third-order valence-electron chi connectivity index (χ3n) is 6.09. The standard InChI is InChI=1S/C23H29F2N7O5S/c1-13-19(29-14(2)36-13)11-26-21(33)32-7-6-30(5-4-28-32)20-17(24)8-15(9-18(20)25)31-12-16(37-23(31)34)10-27-22(38)35-3/h8-9,16,28H,4-7,10-12H2,1-3H3,(H,26,33)(H,27,38)/t16-/m0/s1. The highest BCUT2D eigenvalue weighted by Gasteiger charge is 2.34. The number of hydrogen-bond acceptors (Lipinski definition) is 9. The van der Waals surface area contributed by atoms with E-state index in [9.17, 15) is 9.59 Å². The fourth-order valence-corrected chi connectivity index (χ4v) is 4.32. The molecular formula is C23H29F2N7O5S. The number of rotatable bonds is 6. The second kappa shape index (κ2) is 11.8. The van der Waals surface area contributed by atoms with Crippen molar-refractivity contribution in [2.45, 2.75) is 26.5 Å². The number of methoxy groups -OCH3 is 1. The van der Waals surface area contributed by atoms with Crippen LogP contribution in [0.1, 0.15) is 17.3 Å². The number of ether oxygens (including phenoxy) is 2. The topological polar surface area (TPSA) is 124 Å². The van der Waals surface area contributed by atoms with Gasteiger partial charge in [0.25, 0.3) is 5.17 Å². The zero-order valence-electron chi connectivity index (χ0n) is 21.2. The number of oxazole rings is 1. The summed E-state index contributed by atoms with van der Waals surface area (Å²) in [5, 5.41) is 7.04. The minimum absolute atomic E-state index is 0.0397. The van der Waals surface area contributed by atoms with Crippen molar-refractivity contribution in [3.63, 3.8) is 0 Å². The van der Waals surface area contributed by atoms with Crippen molar-refractivity contribution in [1.82, 2.24) is 26.1 Å². The monoisotopic (exact) mass is 553 g/mol. The first kappa shape index (κ1) is 27.3. The number of benzene rings is 1. The maximum absolute atomic E-state index is 15.2. The highest BCUT2D eigenvalue weighted by molar-refractivity contribution is 7.80. The normalized spacial score (nSPS) is 17.8. The summed E-state index contributed by atoms with van der Waals surface area (Å²) in [6.07, 6.45) is -1.30. The number of nitrogens with zero attached hydrogens (tertiary/aromatic N) is 4. The van der Waals surface area contributed by atoms with Crippen LogP contribution >= 0.6 is 12.2 Å². The van der Waals surface area contributed by atoms with Crippen molar-refractivity contribution in [3.8, 4) is 0 Å². The van der Waals surface area contributed by atoms with Crippen LogP contribution < -0.4 is 25.9 Å². The molecular weight excluding hydrogens is 524 g/mol. The summed E-state index contributed by atoms with van der Waals surface area (Å²) in [6.45, 7) is 4.81. The van der Waals surface area contributed by atoms with Gasteiger partial charge in [0.15, 0.2) is 17.5 Å². The van der Waals surface area contributed by atoms with Crippen molar-refractivity contribution in [2.24, 2.45) is 0 Å². The van der Waals surface area contributed by atoms with E-state index in [-0.39, 0.29) is 62.4 Å². The average molecular weight is 554 g/mol. The molecule has 2 aliphatic rings. The predicted octanol–water partition coefficient (Wildman–Crippen LogP) is 1.95. The summed E-state index contributed by atoms with van der Waals surface area (Å²) in [5.41, 5.74) is 3.40. The lowest BCUT2D eigenvalue weighted by molar-refractivity contribution is 0.142. The zero-order chi connectivity index (χ0) is 27.4. The van der Waals surface area contributed by atoms with Gasteiger partial charge in [-0.1, -0.05) is 0 Å². The highest BCUT2D eigenvalue weighted by atomic mass is 32.1. The number of nitrogens with one attached hydrogen (secondary N) is 3. The van der Waals surface area contributed by atoms with E-state index in [4.69, 9.17) is 26.1 Å². The van der Waals surface area contributed by atoms with E-state index in [0.717, 1.165) is 17.0 Å². The van der Waals surface area contributed by atoms with Gasteiger partial charge in [0, 0.05) is 38.7 Å². The number of hydrazine groups is 1. The Morgan fingerprint density at radius 2 is 1.97 bits per heavy atom. The van der Waals surface area contributed by atoms with Gasteiger partial charge >= 0.3 is 12.1 Å². The lowest BCUT2D eigenvalue weighted by atomic mass is 10.2. The maximum Gasteiger partial charge on any atom is 0.414 e. The number of thiocarbonyl (C=S) groups is 1. The maximum atomic E-state index is 15.2. The summed E-state index contributed by atoms with van der Waals surface area (Å²) >= 11 is 4.90. The third-order valence-corrected chi connectivity index (χ3v) is 6.40. The molecule has 15 heteroatoms. The number of urea groups is 1. The summed E-state index contributed by atoms with van der Waals surface area (Å²) in [5.74, 6) is -0.526. The van der Waals surface area contributed by atoms with Gasteiger partial charge in [0.2, 0.25) is 0 Å². The molecule has 12 nitrogen and oxygen atoms in total. The molecule has 3 heterocycles. The molecule has 4 rings (SSSR count). The van der Waals surface area contributed by atoms with Crippen LogP contribution in [0, 0.1) is 25.5 Å². The fourth-order valence-electron chi connectivity index (χ4n) is 4.24. The zero-order valence-corrected chi connectivity index (χ0v) is 22.0. The van der Waals surface area contributed by atoms with Gasteiger partial charge in [0.05, 0.1) is 39.0 Å². The molecule has 2 fully saturated rings. The molecule has 0 spiro atoms. The van der Waals surface area contributed by atoms with Crippen molar-refractivity contribution in [3.05, 3.63) is 41.1 Å². The second-order valence-electron chi connectivity index (χ2n) is 8.69. The van der Waals surface area contributed by atoms with Gasteiger partial charge in [-0.05, 0) is 19.1 Å². The molecule has 3 N–H and O–H groups in total. The number of aryl methyl sites for hydroxylation is 2. The van der Waals surface area contributed by atoms with E-state index in [0.29, 0.717) is 17.3 Å². The van der Waals surface area contributed by atoms with Crippen LogP contribution in [0.4, 0.5) is 29.7 Å². The van der Waals surface area contributed by atoms with Gasteiger partial charge in [-0.2, -0.15) is 0 Å². The van der Waals surface area contributed by atoms with E-state index in [1.54, 1.807) is 13.8 Å². The van der Waals surface area contributed by atoms with Gasteiger partial charge in [-0.25, -0.2) is 28.8 Å². The first-order valence-electron chi connectivity index (χ1n) is 11.9. The predicted molar refractivity (Wildman–Crippen MR) is 137 cm³/mol. The van der Waals surface area contributed by atoms with Crippen LogP contribution in [0.5, 0.6) is 0 Å². The smallest absolute Gasteiger partial charge is 0.414 e. The molecule has 38 heavy (non-hydrogen) atoms. The molecule has 2 saturated heterocycles. The molecule has 2 aliphatic heterocycles. The van der Waals surface area contributed by atoms with Crippen LogP contribution in [0.2, 0.25) is 0 Å². The fraction of sp³-hybridized carbons (Fsp3) is 0.478. The van der Waals surface area contributed by atoms with Gasteiger partial charge in [-0.15, -0.1) is 0 Å². The molecule has 1 atom stereocenters. The van der Waals surface area contributed by atoms with Crippen molar-refractivity contribution in [2.75, 3.05) is 56.2 Å². The summed E-state index contributed by atoms with van der Waals surface area (Å²) in [7, 11) is 1.41. The lowest BCUT2D eigenvalue weighted by Gasteiger charge is -2.25. The van der Waals surface area contributed by atoms with Crippen LogP contribution in [-0.2, 0) is 16.0 Å². The van der Waals surface area contributed by atoms with Crippen molar-refractivity contribution < 1.29 is 32.3 Å². The Hall–Kier alpha value is -3.72. The number of hydrogen-bond donors (Lipinski definition) is 3. The Bertz CT molecular complexity index is 1190. The van der Waals surface area contributed by atoms with Crippen LogP contribution in [-0.4, -0.2) is 79.8 Å². The molecule has 0 saturated carbocycles. The van der Waals surface area contributed by atoms with Crippen LogP contribution in [0.25, 0.3) is 0 Å². The molecule has 1 aromatic heterocycles. The second-order valence-corrected chi connectivity index (χ2v) is 9.06. The molecule has 0 aliphatic carbocycles. The highest BCUT2D eigenvalue weighted by Crippen LogP contribution is 2.31. The van der Waals surface area contributed by atoms with Crippen molar-refractivity contribution in [1.29, 1.82) is 0 Å². The van der Waals surface area contributed by atoms with E-state index in [1.807, 2.05) is 0 Å². The Morgan fingerprint density at radius 1 is 1.24 bits per heavy atom. The number of aromatic nitrogens is 1. The van der Waals surface area contributed by atoms with Gasteiger partial charge < -0.3 is 29.4 Å². The first-order valence-corrected chi connectivity index (χ1v) is 12.3.